The van der Waals surface area contributed by atoms with Crippen LogP contribution in [0, 0.1) is 0 Å². The van der Waals surface area contributed by atoms with Gasteiger partial charge in [0, 0.05) is 0 Å². The van der Waals surface area contributed by atoms with Crippen LogP contribution in [-0.2, 0) is 4.79 Å². The number of hydrogen-bond acceptors (Lipinski definition) is 6. The predicted molar refractivity (Wildman–Crippen MR) is 102 cm³/mol. The van der Waals surface area contributed by atoms with Crippen molar-refractivity contribution in [2.75, 3.05) is 5.32 Å². The van der Waals surface area contributed by atoms with E-state index < -0.39 is 6.04 Å². The summed E-state index contributed by atoms with van der Waals surface area (Å²) >= 11 is 8.84. The molecule has 0 bridgehead atoms. The van der Waals surface area contributed by atoms with Crippen molar-refractivity contribution in [3.63, 3.8) is 0 Å². The first-order valence-electron chi connectivity index (χ1n) is 7.25. The maximum atomic E-state index is 12.2. The van der Waals surface area contributed by atoms with Crippen LogP contribution in [0.4, 0.5) is 5.13 Å². The normalized spacial score (nSPS) is 13.0. The number of aromatic nitrogens is 1. The summed E-state index contributed by atoms with van der Waals surface area (Å²) in [4.78, 5) is 17.6. The maximum Gasteiger partial charge on any atom is 0.262 e. The van der Waals surface area contributed by atoms with Crippen molar-refractivity contribution in [2.45, 2.75) is 19.9 Å². The van der Waals surface area contributed by atoms with E-state index in [2.05, 4.69) is 20.8 Å². The van der Waals surface area contributed by atoms with Crippen molar-refractivity contribution >= 4 is 61.2 Å². The first-order valence-corrected chi connectivity index (χ1v) is 9.26. The minimum atomic E-state index is -0.450. The second kappa shape index (κ2) is 7.29. The lowest BCUT2D eigenvalue weighted by Gasteiger charge is -2.10. The van der Waals surface area contributed by atoms with Crippen molar-refractivity contribution in [1.29, 1.82) is 0 Å². The monoisotopic (exact) mass is 378 g/mol. The van der Waals surface area contributed by atoms with Gasteiger partial charge in [-0.1, -0.05) is 35.1 Å². The van der Waals surface area contributed by atoms with Gasteiger partial charge in [0.2, 0.25) is 0 Å². The second-order valence-corrected chi connectivity index (χ2v) is 7.88. The number of anilines is 1. The van der Waals surface area contributed by atoms with Crippen LogP contribution < -0.4 is 10.7 Å². The molecule has 24 heavy (non-hydrogen) atoms. The Kier molecular flexibility index (Phi) is 5.13. The zero-order valence-electron chi connectivity index (χ0n) is 13.0. The zero-order valence-corrected chi connectivity index (χ0v) is 15.4. The van der Waals surface area contributed by atoms with Gasteiger partial charge in [-0.25, -0.2) is 10.4 Å². The van der Waals surface area contributed by atoms with Crippen LogP contribution in [0.2, 0.25) is 4.34 Å². The molecule has 0 aliphatic heterocycles. The Hall–Kier alpha value is -1.96. The first kappa shape index (κ1) is 16.9. The van der Waals surface area contributed by atoms with Crippen LogP contribution in [0.15, 0.2) is 41.5 Å². The van der Waals surface area contributed by atoms with Gasteiger partial charge in [0.25, 0.3) is 5.91 Å². The molecule has 5 nitrogen and oxygen atoms in total. The average Bonchev–Trinajstić information content (AvgIpc) is 3.17. The number of hydrazone groups is 1. The van der Waals surface area contributed by atoms with E-state index in [1.54, 1.807) is 13.0 Å². The number of thiophene rings is 1. The fraction of sp³-hybridized carbons (Fsp3) is 0.188. The highest BCUT2D eigenvalue weighted by atomic mass is 35.5. The molecule has 2 heterocycles. The number of amides is 1. The highest BCUT2D eigenvalue weighted by Gasteiger charge is 2.14. The van der Waals surface area contributed by atoms with E-state index in [4.69, 9.17) is 11.6 Å². The Bertz CT molecular complexity index is 869. The van der Waals surface area contributed by atoms with E-state index in [9.17, 15) is 4.79 Å². The fourth-order valence-electron chi connectivity index (χ4n) is 1.98. The SMILES string of the molecule is C/C(=N/NC(=O)[C@@H](C)Nc1nc2ccccc2s1)c1ccc(Cl)s1. The van der Waals surface area contributed by atoms with E-state index >= 15 is 0 Å². The average molecular weight is 379 g/mol. The van der Waals surface area contributed by atoms with Crippen LogP contribution >= 0.6 is 34.3 Å². The summed E-state index contributed by atoms with van der Waals surface area (Å²) in [6, 6.07) is 11.1. The molecule has 2 N–H and O–H groups in total. The standard InChI is InChI=1S/C16H15ClN4OS2/c1-9(12-7-8-14(17)23-12)20-21-15(22)10(2)18-16-19-11-5-3-4-6-13(11)24-16/h3-8,10H,1-2H3,(H,18,19)(H,21,22)/b20-9-/t10-/m1/s1. The minimum Gasteiger partial charge on any atom is -0.350 e. The van der Waals surface area contributed by atoms with Crippen LogP contribution in [0.25, 0.3) is 10.2 Å². The van der Waals surface area contributed by atoms with E-state index in [-0.39, 0.29) is 5.91 Å². The largest absolute Gasteiger partial charge is 0.350 e. The molecule has 1 atom stereocenters. The zero-order chi connectivity index (χ0) is 17.1. The van der Waals surface area contributed by atoms with Gasteiger partial charge in [0.05, 0.1) is 25.1 Å². The summed E-state index contributed by atoms with van der Waals surface area (Å²) in [7, 11) is 0. The van der Waals surface area contributed by atoms with Gasteiger partial charge in [-0.15, -0.1) is 11.3 Å². The number of halogens is 1. The summed E-state index contributed by atoms with van der Waals surface area (Å²) in [5.74, 6) is -0.226. The van der Waals surface area contributed by atoms with E-state index in [1.165, 1.54) is 22.7 Å². The van der Waals surface area contributed by atoms with Crippen LogP contribution in [0.5, 0.6) is 0 Å². The van der Waals surface area contributed by atoms with Crippen molar-refractivity contribution in [3.8, 4) is 0 Å². The van der Waals surface area contributed by atoms with Gasteiger partial charge in [0.1, 0.15) is 6.04 Å². The Morgan fingerprint density at radius 1 is 1.25 bits per heavy atom. The molecule has 3 aromatic rings. The van der Waals surface area contributed by atoms with Crippen LogP contribution in [-0.4, -0.2) is 22.6 Å². The van der Waals surface area contributed by atoms with E-state index in [0.717, 1.165) is 15.1 Å². The molecule has 0 spiro atoms. The van der Waals surface area contributed by atoms with Gasteiger partial charge in [-0.05, 0) is 38.1 Å². The van der Waals surface area contributed by atoms with E-state index in [1.807, 2.05) is 37.3 Å². The Balaban J connectivity index is 1.62. The smallest absolute Gasteiger partial charge is 0.262 e. The number of para-hydroxylation sites is 1. The molecule has 0 fully saturated rings. The number of nitrogens with one attached hydrogen (secondary N) is 2. The summed E-state index contributed by atoms with van der Waals surface area (Å²) in [6.45, 7) is 3.60. The van der Waals surface area contributed by atoms with E-state index in [0.29, 0.717) is 15.2 Å². The molecule has 0 unspecified atom stereocenters. The lowest BCUT2D eigenvalue weighted by molar-refractivity contribution is -0.121. The summed E-state index contributed by atoms with van der Waals surface area (Å²) in [5, 5.41) is 7.94. The quantitative estimate of drug-likeness (QED) is 0.512. The number of nitrogens with zero attached hydrogens (tertiary/aromatic N) is 2. The van der Waals surface area contributed by atoms with Crippen molar-refractivity contribution in [2.24, 2.45) is 5.10 Å². The minimum absolute atomic E-state index is 0.226. The summed E-state index contributed by atoms with van der Waals surface area (Å²) in [5.41, 5.74) is 4.20. The highest BCUT2D eigenvalue weighted by molar-refractivity contribution is 7.22. The van der Waals surface area contributed by atoms with Crippen LogP contribution in [0.1, 0.15) is 18.7 Å². The summed E-state index contributed by atoms with van der Waals surface area (Å²) < 4.78 is 1.77. The molecule has 0 saturated carbocycles. The number of rotatable bonds is 5. The lowest BCUT2D eigenvalue weighted by atomic mass is 10.3. The molecule has 0 saturated heterocycles. The Morgan fingerprint density at radius 2 is 2.04 bits per heavy atom. The van der Waals surface area contributed by atoms with Gasteiger partial charge in [0.15, 0.2) is 5.13 Å². The predicted octanol–water partition coefficient (Wildman–Crippen LogP) is 4.35. The van der Waals surface area contributed by atoms with Crippen molar-refractivity contribution in [1.82, 2.24) is 10.4 Å². The van der Waals surface area contributed by atoms with Gasteiger partial charge in [-0.3, -0.25) is 4.79 Å². The number of fused-ring (bicyclic) bond motifs is 1. The Morgan fingerprint density at radius 3 is 2.75 bits per heavy atom. The first-order chi connectivity index (χ1) is 11.5. The molecule has 0 radical (unpaired) electrons. The van der Waals surface area contributed by atoms with Crippen molar-refractivity contribution in [3.05, 3.63) is 45.6 Å². The number of benzene rings is 1. The molecular formula is C16H15ClN4OS2. The maximum absolute atomic E-state index is 12.2. The molecule has 3 rings (SSSR count). The van der Waals surface area contributed by atoms with Gasteiger partial charge < -0.3 is 5.32 Å². The molecule has 1 aromatic carbocycles. The van der Waals surface area contributed by atoms with Crippen molar-refractivity contribution < 1.29 is 4.79 Å². The third-order valence-corrected chi connectivity index (χ3v) is 5.60. The molecule has 0 aliphatic rings. The number of hydrogen-bond donors (Lipinski definition) is 2. The topological polar surface area (TPSA) is 66.4 Å². The Labute approximate surface area is 152 Å². The molecule has 1 amide bonds. The second-order valence-electron chi connectivity index (χ2n) is 5.13. The number of thiazole rings is 1. The third kappa shape index (κ3) is 3.92. The van der Waals surface area contributed by atoms with Crippen LogP contribution in [0.3, 0.4) is 0 Å². The highest BCUT2D eigenvalue weighted by Crippen LogP contribution is 2.25. The van der Waals surface area contributed by atoms with Gasteiger partial charge in [-0.2, -0.15) is 5.10 Å². The molecule has 2 aromatic heterocycles. The fourth-order valence-corrected chi connectivity index (χ4v) is 3.93. The molecule has 0 aliphatic carbocycles. The summed E-state index contributed by atoms with van der Waals surface area (Å²) in [6.07, 6.45) is 0. The third-order valence-electron chi connectivity index (χ3n) is 3.29. The molecule has 124 valence electrons. The molecule has 8 heteroatoms. The number of carbonyl (C=O) groups excluding carboxylic acids is 1. The number of carbonyl (C=O) groups is 1. The molecular weight excluding hydrogens is 364 g/mol. The van der Waals surface area contributed by atoms with Gasteiger partial charge >= 0.3 is 0 Å². The lowest BCUT2D eigenvalue weighted by Crippen LogP contribution is -2.35.